The van der Waals surface area contributed by atoms with Crippen molar-refractivity contribution in [1.29, 1.82) is 0 Å². The Morgan fingerprint density at radius 1 is 0.733 bits per heavy atom. The molecule has 15 heavy (non-hydrogen) atoms. The lowest BCUT2D eigenvalue weighted by molar-refractivity contribution is 0.596. The van der Waals surface area contributed by atoms with E-state index in [9.17, 15) is 4.55 Å². The van der Waals surface area contributed by atoms with Gasteiger partial charge in [0.05, 0.1) is 11.4 Å². The molecule has 2 aromatic rings. The number of benzene rings is 2. The van der Waals surface area contributed by atoms with Crippen LogP contribution in [0.25, 0.3) is 0 Å². The van der Waals surface area contributed by atoms with E-state index in [2.05, 4.69) is 0 Å². The number of nitrogens with two attached hydrogens (primary N) is 1. The molecule has 0 heterocycles. The molecule has 0 amide bonds. The lowest BCUT2D eigenvalue weighted by atomic mass is 10.4. The summed E-state index contributed by atoms with van der Waals surface area (Å²) in [6.07, 6.45) is 0. The molecule has 0 bridgehead atoms. The molecule has 0 saturated heterocycles. The van der Waals surface area contributed by atoms with Crippen molar-refractivity contribution in [2.45, 2.75) is 4.90 Å². The third-order valence-electron chi connectivity index (χ3n) is 1.64. The molecule has 0 radical (unpaired) electrons. The second-order valence-electron chi connectivity index (χ2n) is 2.77. The summed E-state index contributed by atoms with van der Waals surface area (Å²) < 4.78 is 10.5. The van der Waals surface area contributed by atoms with Crippen molar-refractivity contribution >= 4 is 11.4 Å². The lowest BCUT2D eigenvalue weighted by Gasteiger charge is -1.99. The molecule has 0 unspecified atom stereocenters. The van der Waals surface area contributed by atoms with Gasteiger partial charge in [0.1, 0.15) is 0 Å². The van der Waals surface area contributed by atoms with Gasteiger partial charge in [-0.25, -0.2) is 0 Å². The number of rotatable bonds is 1. The molecule has 2 nitrogen and oxygen atoms in total. The lowest BCUT2D eigenvalue weighted by Crippen LogP contribution is -2.11. The van der Waals surface area contributed by atoms with Crippen molar-refractivity contribution < 1.29 is 4.55 Å². The second-order valence-corrected chi connectivity index (χ2v) is 3.83. The first-order valence-electron chi connectivity index (χ1n) is 4.52. The number of hydrogen-bond donors (Lipinski definition) is 1. The summed E-state index contributed by atoms with van der Waals surface area (Å²) in [4.78, 5) is 0.664. The molecule has 0 fully saturated rings. The standard InChI is InChI=1S/C6H7NOS.C6H6/c7-9(8)6-4-2-1-3-5-6;1-2-4-6-5-3-1/h1-5H,7H2;1-6H/t9-;/m1./s1. The van der Waals surface area contributed by atoms with E-state index in [0.29, 0.717) is 4.90 Å². The second kappa shape index (κ2) is 7.06. The summed E-state index contributed by atoms with van der Waals surface area (Å²) in [6.45, 7) is 0. The van der Waals surface area contributed by atoms with E-state index >= 15 is 0 Å². The zero-order valence-corrected chi connectivity index (χ0v) is 9.06. The van der Waals surface area contributed by atoms with Gasteiger partial charge in [0, 0.05) is 0 Å². The Labute approximate surface area is 93.1 Å². The van der Waals surface area contributed by atoms with Gasteiger partial charge < -0.3 is 4.55 Å². The minimum atomic E-state index is -1.33. The summed E-state index contributed by atoms with van der Waals surface area (Å²) in [5.74, 6) is 0. The monoisotopic (exact) mass is 219 g/mol. The van der Waals surface area contributed by atoms with E-state index < -0.39 is 11.4 Å². The summed E-state index contributed by atoms with van der Waals surface area (Å²) in [6, 6.07) is 20.9. The van der Waals surface area contributed by atoms with Crippen molar-refractivity contribution in [3.8, 4) is 0 Å². The van der Waals surface area contributed by atoms with E-state index in [1.54, 1.807) is 24.3 Å². The Morgan fingerprint density at radius 3 is 1.33 bits per heavy atom. The van der Waals surface area contributed by atoms with Crippen LogP contribution in [0.1, 0.15) is 0 Å². The van der Waals surface area contributed by atoms with Gasteiger partial charge >= 0.3 is 0 Å². The normalized spacial score (nSPS) is 11.1. The summed E-state index contributed by atoms with van der Waals surface area (Å²) >= 11 is -1.33. The Balaban J connectivity index is 0.000000162. The first-order chi connectivity index (χ1) is 7.30. The molecular weight excluding hydrogens is 206 g/mol. The average molecular weight is 219 g/mol. The van der Waals surface area contributed by atoms with Crippen molar-refractivity contribution in [3.05, 3.63) is 66.7 Å². The van der Waals surface area contributed by atoms with Crippen LogP contribution in [0.15, 0.2) is 71.6 Å². The third-order valence-corrected chi connectivity index (χ3v) is 2.38. The molecule has 0 aliphatic carbocycles. The van der Waals surface area contributed by atoms with Crippen LogP contribution in [0.5, 0.6) is 0 Å². The quantitative estimate of drug-likeness (QED) is 0.748. The minimum absolute atomic E-state index is 0.664. The topological polar surface area (TPSA) is 49.1 Å². The Morgan fingerprint density at radius 2 is 1.07 bits per heavy atom. The van der Waals surface area contributed by atoms with E-state index in [0.717, 1.165) is 0 Å². The van der Waals surface area contributed by atoms with Crippen molar-refractivity contribution in [3.63, 3.8) is 0 Å². The molecule has 78 valence electrons. The van der Waals surface area contributed by atoms with E-state index in [1.165, 1.54) is 0 Å². The molecule has 0 saturated carbocycles. The largest absolute Gasteiger partial charge is 0.593 e. The van der Waals surface area contributed by atoms with Crippen LogP contribution >= 0.6 is 0 Å². The van der Waals surface area contributed by atoms with Crippen LogP contribution in [-0.4, -0.2) is 4.55 Å². The molecule has 2 rings (SSSR count). The fraction of sp³-hybridized carbons (Fsp3) is 0. The molecule has 2 N–H and O–H groups in total. The maximum Gasteiger partial charge on any atom is 0.173 e. The van der Waals surface area contributed by atoms with Gasteiger partial charge in [0.2, 0.25) is 0 Å². The first kappa shape index (κ1) is 11.8. The van der Waals surface area contributed by atoms with E-state index in [-0.39, 0.29) is 0 Å². The predicted molar refractivity (Wildman–Crippen MR) is 63.5 cm³/mol. The molecule has 3 heteroatoms. The van der Waals surface area contributed by atoms with Crippen molar-refractivity contribution in [2.24, 2.45) is 5.14 Å². The summed E-state index contributed by atoms with van der Waals surface area (Å²) in [5.41, 5.74) is 0. The van der Waals surface area contributed by atoms with Gasteiger partial charge in [-0.3, -0.25) is 0 Å². The number of hydrogen-bond acceptors (Lipinski definition) is 2. The zero-order chi connectivity index (χ0) is 10.9. The molecule has 0 aromatic heterocycles. The van der Waals surface area contributed by atoms with Crippen LogP contribution < -0.4 is 5.14 Å². The summed E-state index contributed by atoms with van der Waals surface area (Å²) in [7, 11) is 0. The van der Waals surface area contributed by atoms with Crippen LogP contribution in [0.3, 0.4) is 0 Å². The van der Waals surface area contributed by atoms with Crippen LogP contribution in [0.2, 0.25) is 0 Å². The molecule has 0 spiro atoms. The van der Waals surface area contributed by atoms with Gasteiger partial charge in [-0.05, 0) is 12.1 Å². The Kier molecular flexibility index (Phi) is 5.55. The van der Waals surface area contributed by atoms with Crippen LogP contribution in [0.4, 0.5) is 0 Å². The van der Waals surface area contributed by atoms with Gasteiger partial charge in [-0.1, -0.05) is 54.6 Å². The maximum atomic E-state index is 10.5. The third kappa shape index (κ3) is 5.22. The van der Waals surface area contributed by atoms with Gasteiger partial charge in [-0.15, -0.1) is 5.14 Å². The molecular formula is C12H13NOS. The van der Waals surface area contributed by atoms with Crippen molar-refractivity contribution in [2.75, 3.05) is 0 Å². The highest BCUT2D eigenvalue weighted by Crippen LogP contribution is 2.02. The van der Waals surface area contributed by atoms with E-state index in [1.807, 2.05) is 42.5 Å². The highest BCUT2D eigenvalue weighted by atomic mass is 32.2. The zero-order valence-electron chi connectivity index (χ0n) is 8.24. The van der Waals surface area contributed by atoms with Gasteiger partial charge in [0.25, 0.3) is 0 Å². The molecule has 2 aromatic carbocycles. The molecule has 0 aliphatic rings. The predicted octanol–water partition coefficient (Wildman–Crippen LogP) is 2.35. The molecule has 1 atom stereocenters. The highest BCUT2D eigenvalue weighted by Gasteiger charge is 2.00. The first-order valence-corrected chi connectivity index (χ1v) is 5.73. The van der Waals surface area contributed by atoms with Gasteiger partial charge in [-0.2, -0.15) is 0 Å². The molecule has 0 aliphatic heterocycles. The van der Waals surface area contributed by atoms with Crippen LogP contribution in [0, 0.1) is 0 Å². The van der Waals surface area contributed by atoms with Crippen molar-refractivity contribution in [1.82, 2.24) is 0 Å². The average Bonchev–Trinajstić information content (AvgIpc) is 2.33. The summed E-state index contributed by atoms with van der Waals surface area (Å²) in [5, 5.41) is 5.09. The van der Waals surface area contributed by atoms with E-state index in [4.69, 9.17) is 5.14 Å². The highest BCUT2D eigenvalue weighted by molar-refractivity contribution is 7.89. The SMILES string of the molecule is N[S@+]([O-])c1ccccc1.c1ccccc1. The maximum absolute atomic E-state index is 10.5. The fourth-order valence-corrected chi connectivity index (χ4v) is 1.36. The fourth-order valence-electron chi connectivity index (χ4n) is 0.940. The smallest absolute Gasteiger partial charge is 0.173 e. The Hall–Kier alpha value is -1.29. The van der Waals surface area contributed by atoms with Gasteiger partial charge in [0.15, 0.2) is 4.90 Å². The van der Waals surface area contributed by atoms with Crippen LogP contribution in [-0.2, 0) is 11.4 Å². The minimum Gasteiger partial charge on any atom is -0.593 e. The Bertz CT molecular complexity index is 324.